The second-order valence-electron chi connectivity index (χ2n) is 3.12. The van der Waals surface area contributed by atoms with E-state index in [1.54, 1.807) is 11.8 Å². The first-order valence-electron chi connectivity index (χ1n) is 4.98. The smallest absolute Gasteiger partial charge is 0.0309 e. The molecule has 14 heavy (non-hydrogen) atoms. The average Bonchev–Trinajstić information content (AvgIpc) is 2.25. The molecule has 0 aliphatic heterocycles. The quantitative estimate of drug-likeness (QED) is 0.497. The molecule has 0 aliphatic rings. The van der Waals surface area contributed by atoms with Crippen LogP contribution < -0.4 is 0 Å². The summed E-state index contributed by atoms with van der Waals surface area (Å²) in [5.41, 5.74) is 3.01. The Morgan fingerprint density at radius 2 is 2.07 bits per heavy atom. The summed E-state index contributed by atoms with van der Waals surface area (Å²) < 4.78 is 0. The van der Waals surface area contributed by atoms with Crippen molar-refractivity contribution in [3.05, 3.63) is 47.5 Å². The van der Waals surface area contributed by atoms with Gasteiger partial charge in [0.2, 0.25) is 0 Å². The Morgan fingerprint density at radius 3 is 2.64 bits per heavy atom. The summed E-state index contributed by atoms with van der Waals surface area (Å²) in [5.74, 6) is 0. The van der Waals surface area contributed by atoms with Crippen molar-refractivity contribution in [3.8, 4) is 0 Å². The molecule has 0 bridgehead atoms. The first-order valence-corrected chi connectivity index (χ1v) is 5.80. The van der Waals surface area contributed by atoms with E-state index in [0.717, 1.165) is 6.42 Å². The van der Waals surface area contributed by atoms with Crippen molar-refractivity contribution in [1.82, 2.24) is 0 Å². The molecule has 0 fully saturated rings. The summed E-state index contributed by atoms with van der Waals surface area (Å²) in [6.45, 7) is 5.93. The van der Waals surface area contributed by atoms with Crippen molar-refractivity contribution in [3.63, 3.8) is 0 Å². The molecule has 1 aromatic rings. The number of thioether (sulfide) groups is 1. The third-order valence-corrected chi connectivity index (χ3v) is 3.04. The number of benzene rings is 1. The largest absolute Gasteiger partial charge is 0.118 e. The number of hydrogen-bond donors (Lipinski definition) is 0. The summed E-state index contributed by atoms with van der Waals surface area (Å²) in [5, 5.41) is 0. The minimum Gasteiger partial charge on any atom is -0.118 e. The third kappa shape index (κ3) is 3.87. The molecule has 0 saturated heterocycles. The van der Waals surface area contributed by atoms with E-state index in [9.17, 15) is 0 Å². The van der Waals surface area contributed by atoms with Crippen molar-refractivity contribution in [2.24, 2.45) is 0 Å². The molecule has 0 N–H and O–H groups in total. The standard InChI is InChI=1S/C13H16S/c1-3-5-9-12(4-2)14-13-10-7-6-8-11-13/h6-8,10-11H,2-3,5,9H2,1H3. The van der Waals surface area contributed by atoms with E-state index in [2.05, 4.69) is 43.5 Å². The molecule has 0 atom stereocenters. The van der Waals surface area contributed by atoms with Crippen LogP contribution in [0.25, 0.3) is 0 Å². The van der Waals surface area contributed by atoms with Gasteiger partial charge in [0.1, 0.15) is 0 Å². The predicted molar refractivity (Wildman–Crippen MR) is 64.5 cm³/mol. The van der Waals surface area contributed by atoms with Gasteiger partial charge in [0.15, 0.2) is 0 Å². The molecule has 0 saturated carbocycles. The van der Waals surface area contributed by atoms with E-state index < -0.39 is 0 Å². The minimum absolute atomic E-state index is 1.10. The van der Waals surface area contributed by atoms with Crippen LogP contribution in [0.4, 0.5) is 0 Å². The molecule has 0 aliphatic carbocycles. The zero-order valence-electron chi connectivity index (χ0n) is 8.62. The minimum atomic E-state index is 1.10. The van der Waals surface area contributed by atoms with Crippen molar-refractivity contribution >= 4 is 11.8 Å². The molecule has 0 radical (unpaired) electrons. The first-order chi connectivity index (χ1) is 6.86. The highest BCUT2D eigenvalue weighted by atomic mass is 32.2. The van der Waals surface area contributed by atoms with Crippen LogP contribution in [0.5, 0.6) is 0 Å². The van der Waals surface area contributed by atoms with Gasteiger partial charge in [-0.3, -0.25) is 0 Å². The van der Waals surface area contributed by atoms with Crippen LogP contribution in [-0.2, 0) is 0 Å². The molecule has 0 amide bonds. The van der Waals surface area contributed by atoms with Crippen LogP contribution in [0.1, 0.15) is 26.2 Å². The molecule has 0 unspecified atom stereocenters. The van der Waals surface area contributed by atoms with Gasteiger partial charge >= 0.3 is 0 Å². The lowest BCUT2D eigenvalue weighted by atomic mass is 10.2. The van der Waals surface area contributed by atoms with Crippen LogP contribution in [0.15, 0.2) is 52.4 Å². The van der Waals surface area contributed by atoms with Gasteiger partial charge in [-0.05, 0) is 25.0 Å². The molecule has 1 rings (SSSR count). The maximum atomic E-state index is 3.73. The van der Waals surface area contributed by atoms with Crippen molar-refractivity contribution < 1.29 is 0 Å². The van der Waals surface area contributed by atoms with E-state index in [-0.39, 0.29) is 0 Å². The van der Waals surface area contributed by atoms with E-state index in [1.165, 1.54) is 22.6 Å². The van der Waals surface area contributed by atoms with Gasteiger partial charge in [-0.15, -0.1) is 5.73 Å². The van der Waals surface area contributed by atoms with Gasteiger partial charge in [0, 0.05) is 9.80 Å². The second kappa shape index (κ2) is 6.53. The van der Waals surface area contributed by atoms with Gasteiger partial charge in [-0.1, -0.05) is 49.9 Å². The summed E-state index contributed by atoms with van der Waals surface area (Å²) in [6, 6.07) is 10.4. The average molecular weight is 204 g/mol. The third-order valence-electron chi connectivity index (χ3n) is 1.94. The normalized spacial score (nSPS) is 9.50. The van der Waals surface area contributed by atoms with Gasteiger partial charge in [0.05, 0.1) is 0 Å². The fraction of sp³-hybridized carbons (Fsp3) is 0.308. The Bertz CT molecular complexity index is 307. The molecule has 0 nitrogen and oxygen atoms in total. The Balaban J connectivity index is 2.54. The van der Waals surface area contributed by atoms with E-state index in [4.69, 9.17) is 0 Å². The number of unbranched alkanes of at least 4 members (excludes halogenated alkanes) is 1. The van der Waals surface area contributed by atoms with Gasteiger partial charge in [-0.25, -0.2) is 0 Å². The molecule has 1 aromatic carbocycles. The predicted octanol–water partition coefficient (Wildman–Crippen LogP) is 4.64. The maximum absolute atomic E-state index is 3.73. The topological polar surface area (TPSA) is 0 Å². The fourth-order valence-corrected chi connectivity index (χ4v) is 2.04. The summed E-state index contributed by atoms with van der Waals surface area (Å²) in [6.07, 6.45) is 3.54. The Hall–Kier alpha value is -0.910. The molecule has 0 heterocycles. The highest BCUT2D eigenvalue weighted by molar-refractivity contribution is 8.03. The lowest BCUT2D eigenvalue weighted by molar-refractivity contribution is 0.809. The van der Waals surface area contributed by atoms with Gasteiger partial charge < -0.3 is 0 Å². The molecule has 74 valence electrons. The first kappa shape index (κ1) is 11.2. The number of hydrogen-bond acceptors (Lipinski definition) is 1. The lowest BCUT2D eigenvalue weighted by Gasteiger charge is -2.03. The molecule has 0 aromatic heterocycles. The van der Waals surface area contributed by atoms with E-state index in [1.807, 2.05) is 6.07 Å². The van der Waals surface area contributed by atoms with Crippen molar-refractivity contribution in [1.29, 1.82) is 0 Å². The number of allylic oxidation sites excluding steroid dienone is 1. The van der Waals surface area contributed by atoms with Crippen molar-refractivity contribution in [2.75, 3.05) is 0 Å². The van der Waals surface area contributed by atoms with Gasteiger partial charge in [0.25, 0.3) is 0 Å². The van der Waals surface area contributed by atoms with Crippen LogP contribution in [-0.4, -0.2) is 0 Å². The molecular formula is C13H16S. The monoisotopic (exact) mass is 204 g/mol. The van der Waals surface area contributed by atoms with Gasteiger partial charge in [-0.2, -0.15) is 0 Å². The van der Waals surface area contributed by atoms with Crippen LogP contribution in [0.3, 0.4) is 0 Å². The van der Waals surface area contributed by atoms with Crippen LogP contribution in [0, 0.1) is 0 Å². The lowest BCUT2D eigenvalue weighted by Crippen LogP contribution is -1.77. The Morgan fingerprint density at radius 1 is 1.36 bits per heavy atom. The number of rotatable bonds is 5. The summed E-state index contributed by atoms with van der Waals surface area (Å²) in [7, 11) is 0. The summed E-state index contributed by atoms with van der Waals surface area (Å²) in [4.78, 5) is 2.52. The van der Waals surface area contributed by atoms with E-state index in [0.29, 0.717) is 0 Å². The Kier molecular flexibility index (Phi) is 5.21. The molecule has 0 spiro atoms. The van der Waals surface area contributed by atoms with Crippen molar-refractivity contribution in [2.45, 2.75) is 31.1 Å². The summed E-state index contributed by atoms with van der Waals surface area (Å²) >= 11 is 1.77. The zero-order chi connectivity index (χ0) is 10.2. The Labute approximate surface area is 90.7 Å². The molecule has 1 heteroatoms. The highest BCUT2D eigenvalue weighted by Crippen LogP contribution is 2.28. The molecular weight excluding hydrogens is 188 g/mol. The van der Waals surface area contributed by atoms with Crippen LogP contribution >= 0.6 is 11.8 Å². The SMILES string of the molecule is C=C=C(CCCC)Sc1ccccc1. The van der Waals surface area contributed by atoms with Crippen LogP contribution in [0.2, 0.25) is 0 Å². The zero-order valence-corrected chi connectivity index (χ0v) is 9.44. The fourth-order valence-electron chi connectivity index (χ4n) is 1.14. The second-order valence-corrected chi connectivity index (χ2v) is 4.29. The van der Waals surface area contributed by atoms with E-state index >= 15 is 0 Å². The maximum Gasteiger partial charge on any atom is 0.0309 e. The highest BCUT2D eigenvalue weighted by Gasteiger charge is 1.98.